The minimum absolute atomic E-state index is 0.380. The molecule has 1 heterocycles. The summed E-state index contributed by atoms with van der Waals surface area (Å²) in [6, 6.07) is 0. The maximum Gasteiger partial charge on any atom is 0.312 e. The van der Waals surface area contributed by atoms with Gasteiger partial charge in [-0.3, -0.25) is 4.79 Å². The molecule has 1 aliphatic rings. The third-order valence-corrected chi connectivity index (χ3v) is 4.63. The van der Waals surface area contributed by atoms with Crippen LogP contribution in [-0.2, 0) is 11.2 Å². The van der Waals surface area contributed by atoms with E-state index in [1.807, 2.05) is 0 Å². The Labute approximate surface area is 112 Å². The topological polar surface area (TPSA) is 53.4 Å². The number of fused-ring (bicyclic) bond motifs is 1. The first-order valence-corrected chi connectivity index (χ1v) is 7.46. The van der Waals surface area contributed by atoms with E-state index in [-0.39, 0.29) is 5.92 Å². The lowest BCUT2D eigenvalue weighted by Crippen LogP contribution is -2.23. The van der Waals surface area contributed by atoms with E-state index in [4.69, 9.17) is 5.11 Å². The van der Waals surface area contributed by atoms with E-state index >= 15 is 0 Å². The monoisotopic (exact) mass is 268 g/mol. The Hall–Kier alpha value is -1.10. The molecule has 1 N–H and O–H groups in total. The zero-order chi connectivity index (χ0) is 13.1. The summed E-state index contributed by atoms with van der Waals surface area (Å²) in [4.78, 5) is 19.1. The quantitative estimate of drug-likeness (QED) is 0.862. The Kier molecular flexibility index (Phi) is 4.22. The standard InChI is InChI=1S/C13H20N2O2S/c1-3-5-8-15(4-2)13-14-11-9(12(16)17)6-7-10(11)18-13/h9H,3-8H2,1-2H3,(H,16,17). The van der Waals surface area contributed by atoms with Crippen molar-refractivity contribution in [2.24, 2.45) is 0 Å². The van der Waals surface area contributed by atoms with Crippen LogP contribution in [0.5, 0.6) is 0 Å². The molecule has 0 spiro atoms. The Morgan fingerprint density at radius 1 is 1.56 bits per heavy atom. The number of anilines is 1. The number of nitrogens with zero attached hydrogens (tertiary/aromatic N) is 2. The number of hydrogen-bond donors (Lipinski definition) is 1. The largest absolute Gasteiger partial charge is 0.481 e. The first-order valence-electron chi connectivity index (χ1n) is 6.64. The molecule has 0 aliphatic heterocycles. The Bertz CT molecular complexity index is 431. The Morgan fingerprint density at radius 2 is 2.33 bits per heavy atom. The molecule has 2 rings (SSSR count). The number of aryl methyl sites for hydroxylation is 1. The SMILES string of the molecule is CCCCN(CC)c1nc2c(s1)CCC2C(=O)O. The highest BCUT2D eigenvalue weighted by Crippen LogP contribution is 2.39. The summed E-state index contributed by atoms with van der Waals surface area (Å²) in [6.07, 6.45) is 3.90. The van der Waals surface area contributed by atoms with Gasteiger partial charge in [-0.05, 0) is 26.2 Å². The van der Waals surface area contributed by atoms with Crippen molar-refractivity contribution in [3.63, 3.8) is 0 Å². The van der Waals surface area contributed by atoms with Crippen LogP contribution in [0.2, 0.25) is 0 Å². The second-order valence-corrected chi connectivity index (χ2v) is 5.73. The van der Waals surface area contributed by atoms with Gasteiger partial charge in [0.1, 0.15) is 5.92 Å². The molecular weight excluding hydrogens is 248 g/mol. The number of hydrogen-bond acceptors (Lipinski definition) is 4. The molecule has 18 heavy (non-hydrogen) atoms. The van der Waals surface area contributed by atoms with Crippen LogP contribution in [0, 0.1) is 0 Å². The number of carboxylic acids is 1. The van der Waals surface area contributed by atoms with Gasteiger partial charge in [0.15, 0.2) is 5.13 Å². The summed E-state index contributed by atoms with van der Waals surface area (Å²) >= 11 is 1.68. The van der Waals surface area contributed by atoms with Gasteiger partial charge in [0.05, 0.1) is 5.69 Å². The van der Waals surface area contributed by atoms with Gasteiger partial charge in [-0.15, -0.1) is 11.3 Å². The van der Waals surface area contributed by atoms with Crippen molar-refractivity contribution in [1.29, 1.82) is 0 Å². The number of carbonyl (C=O) groups is 1. The van der Waals surface area contributed by atoms with Gasteiger partial charge in [-0.2, -0.15) is 0 Å². The highest BCUT2D eigenvalue weighted by molar-refractivity contribution is 7.15. The lowest BCUT2D eigenvalue weighted by molar-refractivity contribution is -0.138. The van der Waals surface area contributed by atoms with Crippen molar-refractivity contribution in [2.75, 3.05) is 18.0 Å². The van der Waals surface area contributed by atoms with Gasteiger partial charge < -0.3 is 10.0 Å². The summed E-state index contributed by atoms with van der Waals surface area (Å²) < 4.78 is 0. The molecule has 0 amide bonds. The molecule has 100 valence electrons. The zero-order valence-electron chi connectivity index (χ0n) is 11.0. The number of aromatic nitrogens is 1. The van der Waals surface area contributed by atoms with Crippen LogP contribution in [0.15, 0.2) is 0 Å². The van der Waals surface area contributed by atoms with Crippen LogP contribution in [-0.4, -0.2) is 29.1 Å². The van der Waals surface area contributed by atoms with Gasteiger partial charge in [0.25, 0.3) is 0 Å². The molecule has 1 aromatic heterocycles. The zero-order valence-corrected chi connectivity index (χ0v) is 11.8. The van der Waals surface area contributed by atoms with Crippen LogP contribution in [0.4, 0.5) is 5.13 Å². The fraction of sp³-hybridized carbons (Fsp3) is 0.692. The Balaban J connectivity index is 2.16. The number of rotatable bonds is 6. The highest BCUT2D eigenvalue weighted by Gasteiger charge is 2.32. The third-order valence-electron chi connectivity index (χ3n) is 3.44. The van der Waals surface area contributed by atoms with Gasteiger partial charge in [0, 0.05) is 18.0 Å². The first kappa shape index (κ1) is 13.3. The maximum atomic E-state index is 11.1. The summed E-state index contributed by atoms with van der Waals surface area (Å²) in [6.45, 7) is 6.24. The highest BCUT2D eigenvalue weighted by atomic mass is 32.1. The third kappa shape index (κ3) is 2.51. The smallest absolute Gasteiger partial charge is 0.312 e. The molecule has 1 unspecified atom stereocenters. The molecule has 0 saturated heterocycles. The Morgan fingerprint density at radius 3 is 2.94 bits per heavy atom. The summed E-state index contributed by atoms with van der Waals surface area (Å²) in [7, 11) is 0. The van der Waals surface area contributed by atoms with Crippen LogP contribution >= 0.6 is 11.3 Å². The minimum atomic E-state index is -0.734. The lowest BCUT2D eigenvalue weighted by atomic mass is 10.1. The lowest BCUT2D eigenvalue weighted by Gasteiger charge is -2.19. The molecule has 1 atom stereocenters. The fourth-order valence-electron chi connectivity index (χ4n) is 2.33. The first-order chi connectivity index (χ1) is 8.67. The molecule has 0 saturated carbocycles. The molecule has 4 nitrogen and oxygen atoms in total. The van der Waals surface area contributed by atoms with Gasteiger partial charge >= 0.3 is 5.97 Å². The average Bonchev–Trinajstić information content (AvgIpc) is 2.89. The fourth-order valence-corrected chi connectivity index (χ4v) is 3.55. The summed E-state index contributed by atoms with van der Waals surface area (Å²) in [5, 5.41) is 10.2. The van der Waals surface area contributed by atoms with Crippen molar-refractivity contribution in [3.05, 3.63) is 10.6 Å². The minimum Gasteiger partial charge on any atom is -0.481 e. The molecule has 0 aromatic carbocycles. The van der Waals surface area contributed by atoms with Crippen molar-refractivity contribution in [1.82, 2.24) is 4.98 Å². The van der Waals surface area contributed by atoms with E-state index in [0.29, 0.717) is 6.42 Å². The van der Waals surface area contributed by atoms with Crippen LogP contribution in [0.1, 0.15) is 49.6 Å². The molecule has 0 radical (unpaired) electrons. The summed E-state index contributed by atoms with van der Waals surface area (Å²) in [5.74, 6) is -1.11. The van der Waals surface area contributed by atoms with Crippen molar-refractivity contribution in [2.45, 2.75) is 45.4 Å². The number of unbranched alkanes of at least 4 members (excludes halogenated alkanes) is 1. The van der Waals surface area contributed by atoms with Gasteiger partial charge in [-0.1, -0.05) is 13.3 Å². The van der Waals surface area contributed by atoms with E-state index in [1.165, 1.54) is 11.3 Å². The van der Waals surface area contributed by atoms with Crippen LogP contribution in [0.25, 0.3) is 0 Å². The normalized spacial score (nSPS) is 17.8. The van der Waals surface area contributed by atoms with Crippen LogP contribution < -0.4 is 4.90 Å². The second-order valence-electron chi connectivity index (χ2n) is 4.67. The molecular formula is C13H20N2O2S. The predicted octanol–water partition coefficient (Wildman–Crippen LogP) is 2.88. The van der Waals surface area contributed by atoms with E-state index in [2.05, 4.69) is 23.7 Å². The van der Waals surface area contributed by atoms with Crippen LogP contribution in [0.3, 0.4) is 0 Å². The number of carboxylic acid groups (broad SMARTS) is 1. The average molecular weight is 268 g/mol. The second kappa shape index (κ2) is 5.69. The van der Waals surface area contributed by atoms with Crippen molar-refractivity contribution < 1.29 is 9.90 Å². The van der Waals surface area contributed by atoms with Gasteiger partial charge in [-0.25, -0.2) is 4.98 Å². The predicted molar refractivity (Wildman–Crippen MR) is 73.6 cm³/mol. The van der Waals surface area contributed by atoms with E-state index < -0.39 is 5.97 Å². The van der Waals surface area contributed by atoms with Crippen molar-refractivity contribution in [3.8, 4) is 0 Å². The molecule has 1 aromatic rings. The van der Waals surface area contributed by atoms with E-state index in [1.54, 1.807) is 11.3 Å². The number of thiazole rings is 1. The molecule has 0 bridgehead atoms. The number of aliphatic carboxylic acids is 1. The molecule has 5 heteroatoms. The maximum absolute atomic E-state index is 11.1. The van der Waals surface area contributed by atoms with E-state index in [0.717, 1.165) is 36.8 Å². The van der Waals surface area contributed by atoms with Gasteiger partial charge in [0.2, 0.25) is 0 Å². The van der Waals surface area contributed by atoms with E-state index in [9.17, 15) is 4.79 Å². The molecule has 1 aliphatic carbocycles. The molecule has 0 fully saturated rings. The van der Waals surface area contributed by atoms with Crippen molar-refractivity contribution >= 4 is 22.4 Å². The summed E-state index contributed by atoms with van der Waals surface area (Å²) in [5.41, 5.74) is 0.817.